The summed E-state index contributed by atoms with van der Waals surface area (Å²) in [4.78, 5) is 83.1. The predicted octanol–water partition coefficient (Wildman–Crippen LogP) is 2.57. The summed E-state index contributed by atoms with van der Waals surface area (Å²) in [5.41, 5.74) is -8.43. The molecular formula is C48H34O31. The van der Waals surface area contributed by atoms with Crippen molar-refractivity contribution in [1.82, 2.24) is 0 Å². The van der Waals surface area contributed by atoms with Crippen molar-refractivity contribution in [2.75, 3.05) is 6.61 Å². The third-order valence-corrected chi connectivity index (χ3v) is 11.7. The van der Waals surface area contributed by atoms with Gasteiger partial charge in [-0.05, 0) is 48.5 Å². The molecule has 2 aliphatic heterocycles. The number of cyclic esters (lactones) is 1. The van der Waals surface area contributed by atoms with Crippen LogP contribution in [-0.4, -0.2) is 165 Å². The van der Waals surface area contributed by atoms with Crippen LogP contribution >= 0.6 is 0 Å². The molecule has 0 bridgehead atoms. The standard InChI is InChI=1S/C48H34O31/c49-17-3-12(4-18(50)29(17)58)43(68)77-40-39-26(10-73-45(70)14-7-21(53)31(60)34(63)27(14)28-15(46(71)76-39)8-22(54)32(61)35(28)64)74-48(79-44(69)13-5-19(51)30(59)20(52)6-13)41(40)78-47(72)16-9-23(55)33(62)36(65)37(16)75-38-24(56)1-11(42(66)67)2-25(38)57/h1-9,26,39-41,48-65H,10H2,(H,66,67)/t26-,39-,40+,41-,48+/m1/s1. The van der Waals surface area contributed by atoms with E-state index >= 15 is 0 Å². The van der Waals surface area contributed by atoms with E-state index in [9.17, 15) is 121 Å². The minimum Gasteiger partial charge on any atom is -0.504 e. The van der Waals surface area contributed by atoms with Gasteiger partial charge in [0.15, 0.2) is 92.7 Å². The van der Waals surface area contributed by atoms with E-state index < -0.39 is 227 Å². The molecule has 412 valence electrons. The zero-order valence-corrected chi connectivity index (χ0v) is 38.6. The molecule has 0 radical (unpaired) electrons. The summed E-state index contributed by atoms with van der Waals surface area (Å²) in [5, 5.41) is 189. The molecule has 1 saturated heterocycles. The number of carbonyl (C=O) groups excluding carboxylic acids is 5. The molecule has 0 amide bonds. The van der Waals surface area contributed by atoms with Gasteiger partial charge in [-0.25, -0.2) is 28.8 Å². The Morgan fingerprint density at radius 2 is 0.848 bits per heavy atom. The van der Waals surface area contributed by atoms with Crippen molar-refractivity contribution in [3.8, 4) is 120 Å². The van der Waals surface area contributed by atoms with E-state index in [-0.39, 0.29) is 6.07 Å². The molecule has 79 heavy (non-hydrogen) atoms. The number of carboxylic acid groups (broad SMARTS) is 1. The number of hydrogen-bond donors (Lipinski definition) is 18. The Hall–Kier alpha value is -11.5. The molecule has 0 saturated carbocycles. The first-order valence-corrected chi connectivity index (χ1v) is 21.6. The minimum atomic E-state index is -2.83. The van der Waals surface area contributed by atoms with Crippen LogP contribution in [-0.2, 0) is 28.4 Å². The van der Waals surface area contributed by atoms with Gasteiger partial charge in [-0.3, -0.25) is 0 Å². The topological polar surface area (TPSA) is 531 Å². The normalized spacial score (nSPS) is 17.7. The number of phenols is 17. The van der Waals surface area contributed by atoms with Crippen molar-refractivity contribution in [2.24, 2.45) is 0 Å². The van der Waals surface area contributed by atoms with Gasteiger partial charge in [0, 0.05) is 17.2 Å². The van der Waals surface area contributed by atoms with E-state index in [1.165, 1.54) is 0 Å². The maximum absolute atomic E-state index is 14.7. The first kappa shape index (κ1) is 53.8. The minimum absolute atomic E-state index is 0.269. The van der Waals surface area contributed by atoms with Gasteiger partial charge < -0.3 is 125 Å². The molecule has 6 aromatic carbocycles. The van der Waals surface area contributed by atoms with Crippen molar-refractivity contribution >= 4 is 35.8 Å². The lowest BCUT2D eigenvalue weighted by molar-refractivity contribution is -0.282. The summed E-state index contributed by atoms with van der Waals surface area (Å²) in [6.45, 7) is -1.38. The molecular weight excluding hydrogens is 1070 g/mol. The first-order valence-electron chi connectivity index (χ1n) is 21.6. The van der Waals surface area contributed by atoms with Crippen LogP contribution in [0.15, 0.2) is 54.6 Å². The Bertz CT molecular complexity index is 3550. The van der Waals surface area contributed by atoms with Crippen LogP contribution in [0, 0.1) is 0 Å². The summed E-state index contributed by atoms with van der Waals surface area (Å²) in [7, 11) is 0. The van der Waals surface area contributed by atoms with Crippen LogP contribution in [0.4, 0.5) is 0 Å². The third-order valence-electron chi connectivity index (χ3n) is 11.7. The summed E-state index contributed by atoms with van der Waals surface area (Å²) < 4.78 is 39.1. The molecule has 1 fully saturated rings. The maximum Gasteiger partial charge on any atom is 0.342 e. The monoisotopic (exact) mass is 1110 g/mol. The molecule has 0 spiro atoms. The second-order valence-corrected chi connectivity index (χ2v) is 16.6. The molecule has 2 heterocycles. The van der Waals surface area contributed by atoms with Crippen molar-refractivity contribution < 1.29 is 154 Å². The number of aromatic hydroxyl groups is 17. The highest BCUT2D eigenvalue weighted by atomic mass is 16.7. The Labute approximate surface area is 434 Å². The zero-order valence-electron chi connectivity index (χ0n) is 38.6. The molecule has 31 nitrogen and oxygen atoms in total. The number of phenolic OH excluding ortho intramolecular Hbond substituents is 17. The lowest BCUT2D eigenvalue weighted by Crippen LogP contribution is -2.63. The van der Waals surface area contributed by atoms with Gasteiger partial charge >= 0.3 is 35.8 Å². The average molecular weight is 1110 g/mol. The highest BCUT2D eigenvalue weighted by Crippen LogP contribution is 2.54. The van der Waals surface area contributed by atoms with Gasteiger partial charge in [-0.2, -0.15) is 0 Å². The van der Waals surface area contributed by atoms with E-state index in [1.54, 1.807) is 0 Å². The van der Waals surface area contributed by atoms with Gasteiger partial charge in [-0.1, -0.05) is 0 Å². The van der Waals surface area contributed by atoms with Crippen LogP contribution < -0.4 is 4.74 Å². The zero-order chi connectivity index (χ0) is 58.0. The predicted molar refractivity (Wildman–Crippen MR) is 245 cm³/mol. The first-order chi connectivity index (χ1) is 37.1. The van der Waals surface area contributed by atoms with Gasteiger partial charge in [0.05, 0.1) is 27.8 Å². The van der Waals surface area contributed by atoms with Crippen LogP contribution in [0.25, 0.3) is 11.1 Å². The van der Waals surface area contributed by atoms with Crippen LogP contribution in [0.1, 0.15) is 62.1 Å². The molecule has 8 rings (SSSR count). The van der Waals surface area contributed by atoms with Crippen LogP contribution in [0.5, 0.6) is 109 Å². The lowest BCUT2D eigenvalue weighted by Gasteiger charge is -2.43. The second kappa shape index (κ2) is 20.0. The molecule has 31 heteroatoms. The fourth-order valence-electron chi connectivity index (χ4n) is 7.86. The van der Waals surface area contributed by atoms with Gasteiger partial charge in [0.2, 0.25) is 41.1 Å². The van der Waals surface area contributed by atoms with Crippen LogP contribution in [0.3, 0.4) is 0 Å². The molecule has 5 atom stereocenters. The smallest absolute Gasteiger partial charge is 0.342 e. The van der Waals surface area contributed by atoms with E-state index in [1.807, 2.05) is 0 Å². The Kier molecular flexibility index (Phi) is 13.6. The molecule has 0 unspecified atom stereocenters. The maximum atomic E-state index is 14.7. The number of hydrogen-bond acceptors (Lipinski definition) is 30. The van der Waals surface area contributed by atoms with E-state index in [4.69, 9.17) is 33.2 Å². The highest BCUT2D eigenvalue weighted by Gasteiger charge is 2.56. The number of carboxylic acids is 1. The van der Waals surface area contributed by atoms with Gasteiger partial charge in [0.1, 0.15) is 18.3 Å². The van der Waals surface area contributed by atoms with Crippen LogP contribution in [0.2, 0.25) is 0 Å². The number of esters is 5. The molecule has 0 aliphatic carbocycles. The van der Waals surface area contributed by atoms with Crippen molar-refractivity contribution in [2.45, 2.75) is 30.7 Å². The van der Waals surface area contributed by atoms with Gasteiger partial charge in [0.25, 0.3) is 0 Å². The number of carbonyl (C=O) groups is 6. The number of fused-ring (bicyclic) bond motifs is 4. The Balaban J connectivity index is 1.35. The lowest BCUT2D eigenvalue weighted by atomic mass is 9.92. The third kappa shape index (κ3) is 9.63. The van der Waals surface area contributed by atoms with E-state index in [2.05, 4.69) is 0 Å². The molecule has 18 N–H and O–H groups in total. The number of aromatic carboxylic acids is 1. The largest absolute Gasteiger partial charge is 0.504 e. The number of benzene rings is 6. The summed E-state index contributed by atoms with van der Waals surface area (Å²) in [6, 6.07) is 3.93. The number of rotatable bonds is 9. The Morgan fingerprint density at radius 1 is 0.430 bits per heavy atom. The van der Waals surface area contributed by atoms with E-state index in [0.717, 1.165) is 0 Å². The summed E-state index contributed by atoms with van der Waals surface area (Å²) in [5.74, 6) is -36.0. The SMILES string of the molecule is O=C(O)c1cc(O)c(Oc2c(C(=O)O[C@H]3[C@H](OC(=O)c4cc(O)c(O)c(O)c4)O[C@@H]4COC(=O)c5cc(O)c(O)c(O)c5-c5c(cc(O)c(O)c5O)C(=O)O[C@H]4[C@@H]3OC(=O)c3cc(O)c(O)c(O)c3)cc(O)c(O)c2O)c(O)c1. The van der Waals surface area contributed by atoms with Crippen molar-refractivity contribution in [3.05, 3.63) is 88.0 Å². The molecule has 2 aliphatic rings. The second-order valence-electron chi connectivity index (χ2n) is 16.6. The summed E-state index contributed by atoms with van der Waals surface area (Å²) >= 11 is 0. The number of ether oxygens (including phenoxy) is 7. The van der Waals surface area contributed by atoms with Gasteiger partial charge in [-0.15, -0.1) is 0 Å². The van der Waals surface area contributed by atoms with Crippen molar-refractivity contribution in [3.63, 3.8) is 0 Å². The fraction of sp³-hybridized carbons (Fsp3) is 0.125. The highest BCUT2D eigenvalue weighted by molar-refractivity contribution is 6.08. The molecule has 6 aromatic rings. The summed E-state index contributed by atoms with van der Waals surface area (Å²) in [6.07, 6.45) is -13.3. The average Bonchev–Trinajstić information content (AvgIpc) is 3.66. The quantitative estimate of drug-likeness (QED) is 0.0562. The molecule has 0 aromatic heterocycles. The Morgan fingerprint density at radius 3 is 1.34 bits per heavy atom. The fourth-order valence-corrected chi connectivity index (χ4v) is 7.86. The van der Waals surface area contributed by atoms with Crippen molar-refractivity contribution in [1.29, 1.82) is 0 Å². The van der Waals surface area contributed by atoms with E-state index in [0.29, 0.717) is 48.5 Å².